The summed E-state index contributed by atoms with van der Waals surface area (Å²) in [6.45, 7) is 1.41. The lowest BCUT2D eigenvalue weighted by atomic mass is 10.1. The number of carbonyl (C=O) groups excluding carboxylic acids is 1. The largest absolute Gasteiger partial charge is 0.300 e. The zero-order valence-electron chi connectivity index (χ0n) is 6.90. The normalized spacial score (nSPS) is 10.2. The molecule has 0 atom stereocenters. The Bertz CT molecular complexity index is 352. The Labute approximate surface area is 89.0 Å². The summed E-state index contributed by atoms with van der Waals surface area (Å²) in [7, 11) is 0. The molecule has 1 aromatic carbocycles. The van der Waals surface area contributed by atoms with Crippen LogP contribution in [0.15, 0.2) is 16.6 Å². The van der Waals surface area contributed by atoms with Gasteiger partial charge >= 0.3 is 0 Å². The number of ketones is 1. The van der Waals surface area contributed by atoms with Gasteiger partial charge < -0.3 is 0 Å². The molecular weight excluding hydrogens is 258 g/mol. The molecule has 0 aliphatic carbocycles. The fourth-order valence-electron chi connectivity index (χ4n) is 0.967. The van der Waals surface area contributed by atoms with Gasteiger partial charge in [0.15, 0.2) is 0 Å². The van der Waals surface area contributed by atoms with E-state index in [1.807, 2.05) is 0 Å². The lowest BCUT2D eigenvalue weighted by Gasteiger charge is -2.02. The zero-order valence-corrected chi connectivity index (χ0v) is 9.25. The average molecular weight is 266 g/mol. The monoisotopic (exact) mass is 264 g/mol. The Kier molecular flexibility index (Phi) is 3.45. The molecule has 0 unspecified atom stereocenters. The Balaban J connectivity index is 3.08. The number of hydrogen-bond acceptors (Lipinski definition) is 1. The Hall–Kier alpha value is -0.410. The van der Waals surface area contributed by atoms with Crippen LogP contribution in [0.4, 0.5) is 4.39 Å². The third kappa shape index (κ3) is 2.78. The summed E-state index contributed by atoms with van der Waals surface area (Å²) >= 11 is 8.83. The van der Waals surface area contributed by atoms with Gasteiger partial charge in [-0.05, 0) is 40.5 Å². The molecule has 1 nitrogen and oxygen atoms in total. The van der Waals surface area contributed by atoms with Gasteiger partial charge in [0.2, 0.25) is 0 Å². The standard InChI is InChI=1S/C9H7BrClFO/c1-5(13)2-6-3-8(11)7(10)4-9(6)12/h3-4H,2H2,1H3. The molecule has 1 rings (SSSR count). The van der Waals surface area contributed by atoms with E-state index in [4.69, 9.17) is 11.6 Å². The molecular formula is C9H7BrClFO. The molecule has 0 amide bonds. The predicted molar refractivity (Wildman–Crippen MR) is 53.5 cm³/mol. The van der Waals surface area contributed by atoms with E-state index in [1.165, 1.54) is 19.1 Å². The van der Waals surface area contributed by atoms with Crippen LogP contribution in [0.2, 0.25) is 5.02 Å². The van der Waals surface area contributed by atoms with E-state index >= 15 is 0 Å². The summed E-state index contributed by atoms with van der Waals surface area (Å²) in [4.78, 5) is 10.7. The quantitative estimate of drug-likeness (QED) is 0.749. The summed E-state index contributed by atoms with van der Waals surface area (Å²) in [5.41, 5.74) is 0.334. The van der Waals surface area contributed by atoms with Crippen LogP contribution < -0.4 is 0 Å². The highest BCUT2D eigenvalue weighted by Crippen LogP contribution is 2.25. The minimum Gasteiger partial charge on any atom is -0.300 e. The Morgan fingerprint density at radius 2 is 2.23 bits per heavy atom. The number of Topliss-reactive ketones (excluding diaryl/α,β-unsaturated/α-hetero) is 1. The van der Waals surface area contributed by atoms with E-state index in [1.54, 1.807) is 0 Å². The van der Waals surface area contributed by atoms with Crippen molar-refractivity contribution < 1.29 is 9.18 Å². The topological polar surface area (TPSA) is 17.1 Å². The molecule has 0 saturated heterocycles. The molecule has 0 spiro atoms. The van der Waals surface area contributed by atoms with Gasteiger partial charge in [-0.3, -0.25) is 4.79 Å². The molecule has 4 heteroatoms. The number of benzene rings is 1. The van der Waals surface area contributed by atoms with Crippen LogP contribution in [-0.4, -0.2) is 5.78 Å². The van der Waals surface area contributed by atoms with Gasteiger partial charge in [-0.25, -0.2) is 4.39 Å². The van der Waals surface area contributed by atoms with E-state index in [9.17, 15) is 9.18 Å². The van der Waals surface area contributed by atoms with Crippen molar-refractivity contribution in [3.05, 3.63) is 33.0 Å². The van der Waals surface area contributed by atoms with E-state index < -0.39 is 5.82 Å². The van der Waals surface area contributed by atoms with E-state index in [0.717, 1.165) is 0 Å². The zero-order chi connectivity index (χ0) is 10.0. The summed E-state index contributed by atoms with van der Waals surface area (Å²) in [6.07, 6.45) is 0.0822. The van der Waals surface area contributed by atoms with Crippen molar-refractivity contribution >= 4 is 33.3 Å². The summed E-state index contributed by atoms with van der Waals surface area (Å²) in [6, 6.07) is 2.73. The SMILES string of the molecule is CC(=O)Cc1cc(Cl)c(Br)cc1F. The maximum Gasteiger partial charge on any atom is 0.134 e. The molecule has 13 heavy (non-hydrogen) atoms. The maximum absolute atomic E-state index is 13.1. The lowest BCUT2D eigenvalue weighted by Crippen LogP contribution is -1.99. The second kappa shape index (κ2) is 4.20. The molecule has 0 heterocycles. The predicted octanol–water partition coefficient (Wildman–Crippen LogP) is 3.37. The van der Waals surface area contributed by atoms with Gasteiger partial charge in [0, 0.05) is 10.9 Å². The van der Waals surface area contributed by atoms with Crippen LogP contribution >= 0.6 is 27.5 Å². The molecule has 0 radical (unpaired) electrons. The van der Waals surface area contributed by atoms with E-state index in [0.29, 0.717) is 15.1 Å². The molecule has 0 aliphatic heterocycles. The van der Waals surface area contributed by atoms with Crippen molar-refractivity contribution in [2.45, 2.75) is 13.3 Å². The van der Waals surface area contributed by atoms with Crippen LogP contribution in [-0.2, 0) is 11.2 Å². The molecule has 1 aromatic rings. The maximum atomic E-state index is 13.1. The van der Waals surface area contributed by atoms with Crippen LogP contribution in [0.25, 0.3) is 0 Å². The van der Waals surface area contributed by atoms with E-state index in [-0.39, 0.29) is 12.2 Å². The van der Waals surface area contributed by atoms with Crippen LogP contribution in [0.3, 0.4) is 0 Å². The van der Waals surface area contributed by atoms with Crippen molar-refractivity contribution in [3.8, 4) is 0 Å². The highest BCUT2D eigenvalue weighted by molar-refractivity contribution is 9.10. The first kappa shape index (κ1) is 10.7. The first-order valence-corrected chi connectivity index (χ1v) is 4.80. The van der Waals surface area contributed by atoms with Crippen LogP contribution in [0, 0.1) is 5.82 Å². The van der Waals surface area contributed by atoms with Crippen molar-refractivity contribution in [2.75, 3.05) is 0 Å². The second-order valence-electron chi connectivity index (χ2n) is 2.74. The number of carbonyl (C=O) groups is 1. The van der Waals surface area contributed by atoms with Crippen molar-refractivity contribution in [1.82, 2.24) is 0 Å². The molecule has 0 bridgehead atoms. The third-order valence-electron chi connectivity index (χ3n) is 1.53. The van der Waals surface area contributed by atoms with Gasteiger partial charge in [-0.1, -0.05) is 11.6 Å². The molecule has 0 N–H and O–H groups in total. The minimum absolute atomic E-state index is 0.0822. The number of rotatable bonds is 2. The average Bonchev–Trinajstić information content (AvgIpc) is 1.99. The van der Waals surface area contributed by atoms with Gasteiger partial charge in [0.25, 0.3) is 0 Å². The van der Waals surface area contributed by atoms with Crippen molar-refractivity contribution in [1.29, 1.82) is 0 Å². The molecule has 0 saturated carbocycles. The smallest absolute Gasteiger partial charge is 0.134 e. The van der Waals surface area contributed by atoms with Crippen molar-refractivity contribution in [2.24, 2.45) is 0 Å². The van der Waals surface area contributed by atoms with Gasteiger partial charge in [-0.15, -0.1) is 0 Å². The fraction of sp³-hybridized carbons (Fsp3) is 0.222. The minimum atomic E-state index is -0.411. The molecule has 70 valence electrons. The van der Waals surface area contributed by atoms with Gasteiger partial charge in [0.1, 0.15) is 11.6 Å². The van der Waals surface area contributed by atoms with Crippen LogP contribution in [0.5, 0.6) is 0 Å². The lowest BCUT2D eigenvalue weighted by molar-refractivity contribution is -0.116. The van der Waals surface area contributed by atoms with Gasteiger partial charge in [0.05, 0.1) is 5.02 Å². The number of hydrogen-bond donors (Lipinski definition) is 0. The molecule has 0 aliphatic rings. The van der Waals surface area contributed by atoms with Crippen LogP contribution in [0.1, 0.15) is 12.5 Å². The van der Waals surface area contributed by atoms with Gasteiger partial charge in [-0.2, -0.15) is 0 Å². The number of halogens is 3. The second-order valence-corrected chi connectivity index (χ2v) is 4.00. The fourth-order valence-corrected chi connectivity index (χ4v) is 1.47. The molecule has 0 aromatic heterocycles. The molecule has 0 fully saturated rings. The highest BCUT2D eigenvalue weighted by Gasteiger charge is 2.08. The van der Waals surface area contributed by atoms with Crippen molar-refractivity contribution in [3.63, 3.8) is 0 Å². The summed E-state index contributed by atoms with van der Waals surface area (Å²) in [5, 5.41) is 0.414. The van der Waals surface area contributed by atoms with E-state index in [2.05, 4.69) is 15.9 Å². The Morgan fingerprint density at radius 1 is 1.62 bits per heavy atom. The summed E-state index contributed by atoms with van der Waals surface area (Å²) < 4.78 is 13.6. The highest BCUT2D eigenvalue weighted by atomic mass is 79.9. The first-order valence-electron chi connectivity index (χ1n) is 3.63. The Morgan fingerprint density at radius 3 is 2.77 bits per heavy atom. The summed E-state index contributed by atoms with van der Waals surface area (Å²) in [5.74, 6) is -0.497. The first-order chi connectivity index (χ1) is 6.00. The third-order valence-corrected chi connectivity index (χ3v) is 2.73.